The van der Waals surface area contributed by atoms with Gasteiger partial charge in [0.25, 0.3) is 0 Å². The molecule has 34 heavy (non-hydrogen) atoms. The number of nitrogens with zero attached hydrogens (tertiary/aromatic N) is 4. The van der Waals surface area contributed by atoms with E-state index < -0.39 is 11.6 Å². The lowest BCUT2D eigenvalue weighted by Crippen LogP contribution is -2.16. The fourth-order valence-corrected chi connectivity index (χ4v) is 4.81. The van der Waals surface area contributed by atoms with Crippen LogP contribution in [-0.4, -0.2) is 0 Å². The first-order valence-electron chi connectivity index (χ1n) is 9.48. The fraction of sp³-hybridized carbons (Fsp3) is 0. The number of halogens is 2. The molecule has 0 aliphatic heterocycles. The van der Waals surface area contributed by atoms with Crippen LogP contribution in [0, 0.1) is 57.0 Å². The van der Waals surface area contributed by atoms with Crippen molar-refractivity contribution in [3.05, 3.63) is 46.3 Å². The Kier molecular flexibility index (Phi) is 4.83. The second-order valence-corrected chi connectivity index (χ2v) is 8.65. The van der Waals surface area contributed by atoms with Crippen LogP contribution < -0.4 is 21.0 Å². The summed E-state index contributed by atoms with van der Waals surface area (Å²) in [4.78, 5) is 0. The van der Waals surface area contributed by atoms with E-state index in [0.717, 1.165) is 0 Å². The summed E-state index contributed by atoms with van der Waals surface area (Å²) in [5.41, 5.74) is -1.34. The van der Waals surface area contributed by atoms with Crippen LogP contribution in [-0.2, 0) is 0 Å². The quantitative estimate of drug-likeness (QED) is 0.311. The molecule has 0 fully saturated rings. The van der Waals surface area contributed by atoms with Crippen molar-refractivity contribution in [1.82, 2.24) is 0 Å². The topological polar surface area (TPSA) is 121 Å². The third-order valence-electron chi connectivity index (χ3n) is 5.43. The van der Waals surface area contributed by atoms with Crippen molar-refractivity contribution < 1.29 is 17.6 Å². The first kappa shape index (κ1) is 21.5. The van der Waals surface area contributed by atoms with Gasteiger partial charge in [0.05, 0.1) is 10.4 Å². The maximum atomic E-state index is 14.9. The first-order chi connectivity index (χ1) is 16.3. The molecule has 0 aliphatic carbocycles. The summed E-state index contributed by atoms with van der Waals surface area (Å²) in [6.45, 7) is 0. The van der Waals surface area contributed by atoms with Crippen molar-refractivity contribution in [3.63, 3.8) is 0 Å². The van der Waals surface area contributed by atoms with E-state index in [1.54, 1.807) is 36.4 Å². The van der Waals surface area contributed by atoms with Crippen molar-refractivity contribution >= 4 is 84.1 Å². The summed E-state index contributed by atoms with van der Waals surface area (Å²) < 4.78 is 41.4. The lowest BCUT2D eigenvalue weighted by molar-refractivity contribution is 0.582. The van der Waals surface area contributed by atoms with E-state index in [0.29, 0.717) is 10.6 Å². The molecule has 10 heteroatoms. The predicted octanol–water partition coefficient (Wildman–Crippen LogP) is 3.16. The van der Waals surface area contributed by atoms with Gasteiger partial charge in [-0.05, 0) is 34.9 Å². The Balaban J connectivity index is 2.39. The van der Waals surface area contributed by atoms with Crippen LogP contribution in [0.1, 0.15) is 0 Å². The number of nitriles is 4. The first-order valence-corrected chi connectivity index (χ1v) is 10.6. The van der Waals surface area contributed by atoms with Gasteiger partial charge in [-0.1, -0.05) is 0 Å². The van der Waals surface area contributed by atoms with Crippen molar-refractivity contribution in [2.75, 3.05) is 0 Å². The lowest BCUT2D eigenvalue weighted by Gasteiger charge is -2.00. The summed E-state index contributed by atoms with van der Waals surface area (Å²) in [5.74, 6) is -1.44. The average Bonchev–Trinajstić information content (AvgIpc) is 3.36. The van der Waals surface area contributed by atoms with Crippen LogP contribution in [0.5, 0.6) is 0 Å². The Morgan fingerprint density at radius 1 is 0.618 bits per heavy atom. The number of furan rings is 2. The molecule has 2 atom stereocenters. The largest absolute Gasteiger partial charge is 0.452 e. The van der Waals surface area contributed by atoms with E-state index in [4.69, 9.17) is 8.83 Å². The van der Waals surface area contributed by atoms with Gasteiger partial charge in [-0.25, -0.2) is 8.78 Å². The predicted molar refractivity (Wildman–Crippen MR) is 128 cm³/mol. The smallest absolute Gasteiger partial charge is 0.171 e. The Bertz CT molecular complexity index is 1880. The SMILES string of the molecule is N#CC(C#N)=c1c2oc3c(F)cc(P)cc3c2c(=C(C#N)C#N)c2oc3c(F)cc(P)cc3c12. The van der Waals surface area contributed by atoms with Gasteiger partial charge in [0.2, 0.25) is 0 Å². The summed E-state index contributed by atoms with van der Waals surface area (Å²) >= 11 is 0. The lowest BCUT2D eigenvalue weighted by atomic mass is 9.99. The Hall–Kier alpha value is -4.32. The molecular weight excluding hydrogens is 476 g/mol. The van der Waals surface area contributed by atoms with E-state index in [9.17, 15) is 29.8 Å². The Morgan fingerprint density at radius 3 is 1.29 bits per heavy atom. The Labute approximate surface area is 193 Å². The van der Waals surface area contributed by atoms with Crippen LogP contribution in [0.2, 0.25) is 0 Å². The van der Waals surface area contributed by atoms with E-state index in [-0.39, 0.29) is 65.5 Å². The maximum Gasteiger partial charge on any atom is 0.171 e. The molecule has 160 valence electrons. The van der Waals surface area contributed by atoms with Gasteiger partial charge < -0.3 is 8.83 Å². The number of fused-ring (bicyclic) bond motifs is 6. The molecule has 0 amide bonds. The molecule has 5 rings (SSSR count). The minimum Gasteiger partial charge on any atom is -0.452 e. The molecule has 0 bridgehead atoms. The number of hydrogen-bond donors (Lipinski definition) is 0. The van der Waals surface area contributed by atoms with Crippen molar-refractivity contribution in [2.45, 2.75) is 0 Å². The second kappa shape index (κ2) is 7.63. The van der Waals surface area contributed by atoms with Crippen LogP contribution >= 0.6 is 18.5 Å². The molecule has 2 unspecified atom stereocenters. The van der Waals surface area contributed by atoms with Crippen molar-refractivity contribution in [2.24, 2.45) is 0 Å². The maximum absolute atomic E-state index is 14.9. The highest BCUT2D eigenvalue weighted by Gasteiger charge is 2.25. The van der Waals surface area contributed by atoms with Gasteiger partial charge in [-0.3, -0.25) is 0 Å². The molecule has 0 radical (unpaired) electrons. The average molecular weight is 484 g/mol. The molecule has 0 N–H and O–H groups in total. The number of hydrogen-bond acceptors (Lipinski definition) is 6. The Morgan fingerprint density at radius 2 is 0.971 bits per heavy atom. The zero-order valence-electron chi connectivity index (χ0n) is 16.8. The van der Waals surface area contributed by atoms with Gasteiger partial charge in [0, 0.05) is 21.5 Å². The molecule has 3 aromatic carbocycles. The highest BCUT2D eigenvalue weighted by molar-refractivity contribution is 7.27. The van der Waals surface area contributed by atoms with Crippen LogP contribution in [0.3, 0.4) is 0 Å². The van der Waals surface area contributed by atoms with E-state index in [2.05, 4.69) is 18.5 Å². The summed E-state index contributed by atoms with van der Waals surface area (Å²) in [6.07, 6.45) is 0. The van der Waals surface area contributed by atoms with Crippen LogP contribution in [0.25, 0.3) is 55.0 Å². The zero-order valence-corrected chi connectivity index (χ0v) is 19.1. The van der Waals surface area contributed by atoms with Gasteiger partial charge in [0.1, 0.15) is 46.6 Å². The minimum atomic E-state index is -0.721. The van der Waals surface area contributed by atoms with Crippen LogP contribution in [0.4, 0.5) is 8.78 Å². The van der Waals surface area contributed by atoms with E-state index in [1.165, 1.54) is 12.1 Å². The molecule has 0 saturated carbocycles. The number of benzene rings is 3. The van der Waals surface area contributed by atoms with E-state index >= 15 is 0 Å². The third kappa shape index (κ3) is 2.81. The summed E-state index contributed by atoms with van der Waals surface area (Å²) in [6, 6.07) is 12.8. The summed E-state index contributed by atoms with van der Waals surface area (Å²) in [5, 5.41) is 40.3. The number of rotatable bonds is 0. The summed E-state index contributed by atoms with van der Waals surface area (Å²) in [7, 11) is 4.69. The normalized spacial score (nSPS) is 10.8. The molecule has 5 aromatic rings. The van der Waals surface area contributed by atoms with Gasteiger partial charge in [-0.15, -0.1) is 18.5 Å². The third-order valence-corrected chi connectivity index (χ3v) is 6.10. The standard InChI is InChI=1S/C24H8F2N4O2P2/c25-15-3-11(33)1-13-19-17(9(5-27)6-28)24-20(14-2-12(34)4-16(26)22(14)32-24)18(10(7-29)8-30)23(19)31-21(13)15/h1-4H,33-34H2. The van der Waals surface area contributed by atoms with E-state index in [1.807, 2.05) is 0 Å². The monoisotopic (exact) mass is 484 g/mol. The van der Waals surface area contributed by atoms with Gasteiger partial charge in [0.15, 0.2) is 22.8 Å². The highest BCUT2D eigenvalue weighted by atomic mass is 31.0. The minimum absolute atomic E-state index is 0.0383. The molecule has 2 aromatic heterocycles. The molecule has 0 saturated heterocycles. The van der Waals surface area contributed by atoms with Crippen molar-refractivity contribution in [3.8, 4) is 24.3 Å². The second-order valence-electron chi connectivity index (χ2n) is 7.32. The molecular formula is C24H8F2N4O2P2. The fourth-order valence-electron chi connectivity index (χ4n) is 4.18. The van der Waals surface area contributed by atoms with Gasteiger partial charge >= 0.3 is 0 Å². The van der Waals surface area contributed by atoms with Crippen molar-refractivity contribution in [1.29, 1.82) is 21.0 Å². The zero-order chi connectivity index (χ0) is 24.3. The van der Waals surface area contributed by atoms with Gasteiger partial charge in [-0.2, -0.15) is 21.0 Å². The molecule has 6 nitrogen and oxygen atoms in total. The highest BCUT2D eigenvalue weighted by Crippen LogP contribution is 2.33. The van der Waals surface area contributed by atoms with Crippen LogP contribution in [0.15, 0.2) is 33.1 Å². The molecule has 0 spiro atoms. The molecule has 2 heterocycles. The molecule has 0 aliphatic rings.